The smallest absolute Gasteiger partial charge is 0.264 e. The summed E-state index contributed by atoms with van der Waals surface area (Å²) in [6.45, 7) is 0.474. The Labute approximate surface area is 131 Å². The largest absolute Gasteiger partial charge is 0.266 e. The van der Waals surface area contributed by atoms with Gasteiger partial charge in [0.1, 0.15) is 0 Å². The van der Waals surface area contributed by atoms with Crippen molar-refractivity contribution in [2.75, 3.05) is 10.8 Å². The quantitative estimate of drug-likeness (QED) is 0.803. The van der Waals surface area contributed by atoms with Gasteiger partial charge in [-0.05, 0) is 52.2 Å². The molecule has 1 aliphatic heterocycles. The molecule has 0 atom stereocenters. The molecule has 0 N–H and O–H groups in total. The summed E-state index contributed by atoms with van der Waals surface area (Å²) in [4.78, 5) is 0.241. The van der Waals surface area contributed by atoms with Gasteiger partial charge in [-0.1, -0.05) is 29.8 Å². The molecule has 2 aromatic rings. The Morgan fingerprint density at radius 2 is 1.90 bits per heavy atom. The Kier molecular flexibility index (Phi) is 3.52. The highest BCUT2D eigenvalue weighted by Gasteiger charge is 2.30. The fraction of sp³-hybridized carbons (Fsp3) is 0.143. The van der Waals surface area contributed by atoms with Crippen molar-refractivity contribution in [2.45, 2.75) is 11.3 Å². The van der Waals surface area contributed by atoms with Crippen LogP contribution in [0.3, 0.4) is 0 Å². The Morgan fingerprint density at radius 3 is 2.65 bits per heavy atom. The highest BCUT2D eigenvalue weighted by molar-refractivity contribution is 9.10. The highest BCUT2D eigenvalue weighted by atomic mass is 79.9. The van der Waals surface area contributed by atoms with E-state index in [0.717, 1.165) is 17.7 Å². The Balaban J connectivity index is 2.07. The molecular formula is C14H11BrClNO2S. The van der Waals surface area contributed by atoms with E-state index in [0.29, 0.717) is 16.0 Å². The zero-order chi connectivity index (χ0) is 14.3. The molecule has 0 saturated carbocycles. The Hall–Kier alpha value is -1.04. The zero-order valence-corrected chi connectivity index (χ0v) is 13.5. The summed E-state index contributed by atoms with van der Waals surface area (Å²) < 4.78 is 27.5. The van der Waals surface area contributed by atoms with E-state index in [9.17, 15) is 8.42 Å². The fourth-order valence-electron chi connectivity index (χ4n) is 2.32. The molecule has 0 saturated heterocycles. The number of nitrogens with zero attached hydrogens (tertiary/aromatic N) is 1. The predicted molar refractivity (Wildman–Crippen MR) is 83.8 cm³/mol. The normalized spacial score (nSPS) is 14.4. The molecule has 3 nitrogen and oxygen atoms in total. The van der Waals surface area contributed by atoms with E-state index < -0.39 is 10.0 Å². The van der Waals surface area contributed by atoms with Crippen LogP contribution >= 0.6 is 27.5 Å². The molecule has 0 unspecified atom stereocenters. The van der Waals surface area contributed by atoms with Crippen molar-refractivity contribution in [3.63, 3.8) is 0 Å². The highest BCUT2D eigenvalue weighted by Crippen LogP contribution is 2.34. The first-order valence-electron chi connectivity index (χ1n) is 6.06. The van der Waals surface area contributed by atoms with Crippen LogP contribution in [0, 0.1) is 0 Å². The van der Waals surface area contributed by atoms with Crippen LogP contribution in [-0.4, -0.2) is 15.0 Å². The fourth-order valence-corrected chi connectivity index (χ4v) is 4.50. The molecule has 0 aliphatic carbocycles. The van der Waals surface area contributed by atoms with Crippen LogP contribution in [0.1, 0.15) is 5.56 Å². The second-order valence-electron chi connectivity index (χ2n) is 4.53. The summed E-state index contributed by atoms with van der Waals surface area (Å²) in [5.41, 5.74) is 1.82. The first-order valence-corrected chi connectivity index (χ1v) is 8.67. The van der Waals surface area contributed by atoms with Gasteiger partial charge in [0.05, 0.1) is 15.6 Å². The lowest BCUT2D eigenvalue weighted by Gasteiger charge is -2.19. The molecule has 1 heterocycles. The van der Waals surface area contributed by atoms with Crippen LogP contribution in [0.4, 0.5) is 5.69 Å². The average molecular weight is 373 g/mol. The minimum atomic E-state index is -3.55. The number of rotatable bonds is 2. The van der Waals surface area contributed by atoms with Crippen molar-refractivity contribution in [3.05, 3.63) is 57.5 Å². The van der Waals surface area contributed by atoms with E-state index in [4.69, 9.17) is 11.6 Å². The van der Waals surface area contributed by atoms with Crippen molar-refractivity contribution in [1.82, 2.24) is 0 Å². The zero-order valence-electron chi connectivity index (χ0n) is 10.4. The number of sulfonamides is 1. The lowest BCUT2D eigenvalue weighted by Crippen LogP contribution is -2.29. The molecule has 1 aliphatic rings. The van der Waals surface area contributed by atoms with Crippen LogP contribution in [0.25, 0.3) is 0 Å². The number of para-hydroxylation sites is 1. The third-order valence-electron chi connectivity index (χ3n) is 3.32. The third-order valence-corrected chi connectivity index (χ3v) is 6.35. The molecule has 20 heavy (non-hydrogen) atoms. The summed E-state index contributed by atoms with van der Waals surface area (Å²) in [7, 11) is -3.55. The first kappa shape index (κ1) is 13.9. The number of hydrogen-bond donors (Lipinski definition) is 0. The second kappa shape index (κ2) is 5.06. The number of anilines is 1. The van der Waals surface area contributed by atoms with E-state index in [1.54, 1.807) is 12.1 Å². The molecule has 0 radical (unpaired) electrons. The monoisotopic (exact) mass is 371 g/mol. The maximum absolute atomic E-state index is 12.7. The molecule has 0 amide bonds. The van der Waals surface area contributed by atoms with Crippen molar-refractivity contribution in [2.24, 2.45) is 0 Å². The SMILES string of the molecule is O=S(=O)(c1ccc(Cl)c(Br)c1)N1CCc2ccccc21. The minimum absolute atomic E-state index is 0.241. The molecule has 0 bridgehead atoms. The van der Waals surface area contributed by atoms with Gasteiger partial charge in [-0.3, -0.25) is 4.31 Å². The van der Waals surface area contributed by atoms with Crippen molar-refractivity contribution in [3.8, 4) is 0 Å². The summed E-state index contributed by atoms with van der Waals surface area (Å²) in [5.74, 6) is 0. The second-order valence-corrected chi connectivity index (χ2v) is 7.66. The predicted octanol–water partition coefficient (Wildman–Crippen LogP) is 3.85. The number of hydrogen-bond acceptors (Lipinski definition) is 2. The van der Waals surface area contributed by atoms with Crippen LogP contribution in [0.2, 0.25) is 5.02 Å². The van der Waals surface area contributed by atoms with Gasteiger partial charge in [0, 0.05) is 11.0 Å². The van der Waals surface area contributed by atoms with Crippen LogP contribution in [-0.2, 0) is 16.4 Å². The van der Waals surface area contributed by atoms with Gasteiger partial charge in [-0.25, -0.2) is 8.42 Å². The lowest BCUT2D eigenvalue weighted by molar-refractivity contribution is 0.592. The molecule has 6 heteroatoms. The third kappa shape index (κ3) is 2.24. The number of fused-ring (bicyclic) bond motifs is 1. The molecule has 0 fully saturated rings. The lowest BCUT2D eigenvalue weighted by atomic mass is 10.2. The molecule has 0 spiro atoms. The van der Waals surface area contributed by atoms with Gasteiger partial charge in [0.2, 0.25) is 0 Å². The van der Waals surface area contributed by atoms with Crippen molar-refractivity contribution >= 4 is 43.2 Å². The summed E-state index contributed by atoms with van der Waals surface area (Å²) in [5, 5.41) is 0.491. The topological polar surface area (TPSA) is 37.4 Å². The van der Waals surface area contributed by atoms with Crippen LogP contribution in [0.15, 0.2) is 51.8 Å². The van der Waals surface area contributed by atoms with E-state index >= 15 is 0 Å². The Morgan fingerprint density at radius 1 is 1.15 bits per heavy atom. The number of benzene rings is 2. The maximum Gasteiger partial charge on any atom is 0.264 e. The van der Waals surface area contributed by atoms with Crippen LogP contribution < -0.4 is 4.31 Å². The maximum atomic E-state index is 12.7. The first-order chi connectivity index (χ1) is 9.50. The van der Waals surface area contributed by atoms with E-state index in [-0.39, 0.29) is 4.90 Å². The minimum Gasteiger partial charge on any atom is -0.266 e. The van der Waals surface area contributed by atoms with Crippen LogP contribution in [0.5, 0.6) is 0 Å². The van der Waals surface area contributed by atoms with E-state index in [1.165, 1.54) is 10.4 Å². The molecule has 2 aromatic carbocycles. The van der Waals surface area contributed by atoms with Crippen molar-refractivity contribution in [1.29, 1.82) is 0 Å². The molecule has 104 valence electrons. The van der Waals surface area contributed by atoms with Gasteiger partial charge < -0.3 is 0 Å². The van der Waals surface area contributed by atoms with Gasteiger partial charge >= 0.3 is 0 Å². The number of halogens is 2. The van der Waals surface area contributed by atoms with Gasteiger partial charge in [0.15, 0.2) is 0 Å². The van der Waals surface area contributed by atoms with Gasteiger partial charge in [0.25, 0.3) is 10.0 Å². The van der Waals surface area contributed by atoms with Gasteiger partial charge in [-0.2, -0.15) is 0 Å². The van der Waals surface area contributed by atoms with E-state index in [1.807, 2.05) is 24.3 Å². The standard InChI is InChI=1S/C14H11BrClNO2S/c15-12-9-11(5-6-13(12)16)20(18,19)17-8-7-10-3-1-2-4-14(10)17/h1-6,9H,7-8H2. The summed E-state index contributed by atoms with van der Waals surface area (Å²) >= 11 is 9.18. The Bertz CT molecular complexity index is 776. The average Bonchev–Trinajstić information content (AvgIpc) is 2.86. The van der Waals surface area contributed by atoms with E-state index in [2.05, 4.69) is 15.9 Å². The molecule has 3 rings (SSSR count). The molecule has 0 aromatic heterocycles. The van der Waals surface area contributed by atoms with Gasteiger partial charge in [-0.15, -0.1) is 0 Å². The van der Waals surface area contributed by atoms with Crippen molar-refractivity contribution < 1.29 is 8.42 Å². The summed E-state index contributed by atoms with van der Waals surface area (Å²) in [6.07, 6.45) is 0.740. The molecular weight excluding hydrogens is 362 g/mol. The summed E-state index contributed by atoms with van der Waals surface area (Å²) in [6, 6.07) is 12.2.